The zero-order chi connectivity index (χ0) is 27.5. The van der Waals surface area contributed by atoms with Crippen LogP contribution in [0.25, 0.3) is 5.69 Å². The first-order valence-corrected chi connectivity index (χ1v) is 15.3. The first kappa shape index (κ1) is 25.2. The highest BCUT2D eigenvalue weighted by Crippen LogP contribution is 2.62. The van der Waals surface area contributed by atoms with Crippen LogP contribution in [0.3, 0.4) is 0 Å². The second kappa shape index (κ2) is 9.00. The molecule has 1 unspecified atom stereocenters. The molecule has 0 saturated carbocycles. The van der Waals surface area contributed by atoms with Crippen LogP contribution >= 0.6 is 6.19 Å². The summed E-state index contributed by atoms with van der Waals surface area (Å²) in [4.78, 5) is 18.1. The monoisotopic (exact) mass is 554 g/mol. The first-order valence-electron chi connectivity index (χ1n) is 12.5. The molecule has 0 bridgehead atoms. The normalized spacial score (nSPS) is 21.0. The van der Waals surface area contributed by atoms with Crippen molar-refractivity contribution in [3.05, 3.63) is 111 Å². The number of nitro benzene ring substituents is 1. The summed E-state index contributed by atoms with van der Waals surface area (Å²) in [7, 11) is 2.07. The maximum atomic E-state index is 11.3. The van der Waals surface area contributed by atoms with Gasteiger partial charge in [-0.25, -0.2) is 9.67 Å². The highest BCUT2D eigenvalue weighted by molar-refractivity contribution is 8.21. The van der Waals surface area contributed by atoms with Gasteiger partial charge < -0.3 is 9.99 Å². The van der Waals surface area contributed by atoms with Crippen LogP contribution in [0.5, 0.6) is 0 Å². The zero-order valence-electron chi connectivity index (χ0n) is 22.0. The van der Waals surface area contributed by atoms with Crippen molar-refractivity contribution < 1.29 is 4.92 Å². The Morgan fingerprint density at radius 2 is 1.67 bits per heavy atom. The number of para-hydroxylation sites is 2. The van der Waals surface area contributed by atoms with Crippen molar-refractivity contribution in [2.24, 2.45) is 4.99 Å². The van der Waals surface area contributed by atoms with Gasteiger partial charge in [0.25, 0.3) is 5.69 Å². The number of nitro groups is 1. The van der Waals surface area contributed by atoms with Gasteiger partial charge in [0, 0.05) is 53.2 Å². The van der Waals surface area contributed by atoms with Gasteiger partial charge in [-0.15, -0.1) is 0 Å². The Bertz CT molecular complexity index is 1740. The number of rotatable bonds is 4. The topological polar surface area (TPSA) is 88.6 Å². The zero-order valence-corrected chi connectivity index (χ0v) is 23.7. The van der Waals surface area contributed by atoms with Crippen LogP contribution in [0.4, 0.5) is 22.9 Å². The molecule has 0 amide bonds. The van der Waals surface area contributed by atoms with E-state index >= 15 is 0 Å². The summed E-state index contributed by atoms with van der Waals surface area (Å²) >= 11 is 6.69. The van der Waals surface area contributed by atoms with E-state index in [1.807, 2.05) is 54.2 Å². The summed E-state index contributed by atoms with van der Waals surface area (Å²) in [6, 6.07) is 24.7. The molecule has 196 valence electrons. The van der Waals surface area contributed by atoms with E-state index in [4.69, 9.17) is 21.9 Å². The molecule has 4 aromatic rings. The fourth-order valence-corrected chi connectivity index (χ4v) is 9.91. The summed E-state index contributed by atoms with van der Waals surface area (Å²) in [5.74, 6) is 0.705. The summed E-state index contributed by atoms with van der Waals surface area (Å²) in [6.45, 7) is 6.40. The largest absolute Gasteiger partial charge is 0.351 e. The molecule has 0 fully saturated rings. The van der Waals surface area contributed by atoms with Crippen LogP contribution < -0.4 is 15.3 Å². The van der Waals surface area contributed by atoms with E-state index in [0.717, 1.165) is 33.4 Å². The predicted molar refractivity (Wildman–Crippen MR) is 162 cm³/mol. The van der Waals surface area contributed by atoms with Gasteiger partial charge in [0.1, 0.15) is 0 Å². The van der Waals surface area contributed by atoms with Crippen LogP contribution in [-0.2, 0) is 17.2 Å². The second-order valence-electron chi connectivity index (χ2n) is 10.2. The predicted octanol–water partition coefficient (Wildman–Crippen LogP) is 6.58. The Labute approximate surface area is 231 Å². The molecule has 0 aliphatic carbocycles. The van der Waals surface area contributed by atoms with Crippen molar-refractivity contribution in [1.82, 2.24) is 9.78 Å². The minimum atomic E-state index is -2.79. The van der Waals surface area contributed by atoms with Gasteiger partial charge >= 0.3 is 0 Å². The van der Waals surface area contributed by atoms with Crippen molar-refractivity contribution in [3.8, 4) is 5.69 Å². The Balaban J connectivity index is 1.60. The molecule has 39 heavy (non-hydrogen) atoms. The number of aliphatic imine (C=N–C) groups is 1. The lowest BCUT2D eigenvalue weighted by molar-refractivity contribution is -0.384. The molecule has 0 saturated heterocycles. The van der Waals surface area contributed by atoms with Crippen molar-refractivity contribution in [1.29, 1.82) is 0 Å². The number of nitrogens with one attached hydrogen (secondary N) is 1. The van der Waals surface area contributed by atoms with Gasteiger partial charge in [-0.2, -0.15) is 5.10 Å². The van der Waals surface area contributed by atoms with Crippen LogP contribution in [0.1, 0.15) is 25.1 Å². The number of hydrogen-bond acceptors (Lipinski definition) is 6. The first-order chi connectivity index (χ1) is 18.6. The number of non-ortho nitro benzene ring substituents is 1. The number of anilines is 2. The van der Waals surface area contributed by atoms with Crippen LogP contribution in [0.15, 0.2) is 94.9 Å². The minimum Gasteiger partial charge on any atom is -0.351 e. The van der Waals surface area contributed by atoms with Crippen molar-refractivity contribution in [2.45, 2.75) is 26.2 Å². The molecule has 8 nitrogen and oxygen atoms in total. The van der Waals surface area contributed by atoms with Crippen LogP contribution in [0.2, 0.25) is 0 Å². The van der Waals surface area contributed by atoms with E-state index in [0.29, 0.717) is 11.5 Å². The SMILES string of the molecule is Cc1nn(-c2ccccc2)c2c1P(=S)(Nc1ccc([N+](=O)[O-])cc1)C(=C1N(C)c3ccccc3C1(C)C)C=N2. The van der Waals surface area contributed by atoms with E-state index in [-0.39, 0.29) is 11.1 Å². The number of nitrogens with zero attached hydrogens (tertiary/aromatic N) is 5. The van der Waals surface area contributed by atoms with Gasteiger partial charge in [-0.3, -0.25) is 10.1 Å². The van der Waals surface area contributed by atoms with Crippen molar-refractivity contribution in [3.63, 3.8) is 0 Å². The standard InChI is InChI=1S/C29H27N6O2PS/c1-19-26-28(34(31-19)21-10-6-5-7-11-21)30-18-25(27-29(2,3)23-12-8-9-13-24(23)33(27)4)38(26,39)32-20-14-16-22(17-15-20)35(36)37/h5-18H,1-4H3,(H,32,39). The average molecular weight is 555 g/mol. The van der Waals surface area contributed by atoms with Gasteiger partial charge in [0.15, 0.2) is 5.82 Å². The third-order valence-corrected chi connectivity index (χ3v) is 11.6. The number of hydrogen-bond donors (Lipinski definition) is 1. The van der Waals surface area contributed by atoms with Gasteiger partial charge in [-0.1, -0.05) is 62.1 Å². The molecule has 1 atom stereocenters. The fourth-order valence-electron chi connectivity index (χ4n) is 5.68. The maximum absolute atomic E-state index is 11.3. The van der Waals surface area contributed by atoms with Crippen LogP contribution in [-0.4, -0.2) is 28.0 Å². The summed E-state index contributed by atoms with van der Waals surface area (Å²) < 4.78 is 1.85. The molecule has 0 radical (unpaired) electrons. The lowest BCUT2D eigenvalue weighted by Gasteiger charge is -2.35. The lowest BCUT2D eigenvalue weighted by atomic mass is 9.84. The molecule has 1 N–H and O–H groups in total. The molecule has 1 aromatic heterocycles. The van der Waals surface area contributed by atoms with E-state index in [2.05, 4.69) is 49.1 Å². The van der Waals surface area contributed by atoms with Gasteiger partial charge in [0.2, 0.25) is 0 Å². The van der Waals surface area contributed by atoms with Crippen LogP contribution in [0, 0.1) is 17.0 Å². The summed E-state index contributed by atoms with van der Waals surface area (Å²) in [5, 5.41) is 21.7. The number of benzene rings is 3. The Kier molecular flexibility index (Phi) is 5.82. The molecule has 0 spiro atoms. The van der Waals surface area contributed by atoms with Crippen molar-refractivity contribution in [2.75, 3.05) is 17.0 Å². The third-order valence-electron chi connectivity index (χ3n) is 7.44. The molecule has 3 heterocycles. The molecule has 2 aliphatic rings. The number of aryl methyl sites for hydroxylation is 1. The number of aromatic nitrogens is 2. The second-order valence-corrected chi connectivity index (χ2v) is 14.2. The Hall–Kier alpha value is -4.07. The summed E-state index contributed by atoms with van der Waals surface area (Å²) in [5.41, 5.74) is 5.57. The molecule has 3 aromatic carbocycles. The van der Waals surface area contributed by atoms with E-state index < -0.39 is 11.1 Å². The third kappa shape index (κ3) is 3.84. The Morgan fingerprint density at radius 3 is 2.33 bits per heavy atom. The molecule has 2 aliphatic heterocycles. The molecule has 10 heteroatoms. The maximum Gasteiger partial charge on any atom is 0.269 e. The van der Waals surface area contributed by atoms with Gasteiger partial charge in [-0.05, 0) is 42.8 Å². The average Bonchev–Trinajstić information content (AvgIpc) is 3.37. The van der Waals surface area contributed by atoms with E-state index in [1.165, 1.54) is 17.7 Å². The quantitative estimate of drug-likeness (QED) is 0.174. The number of likely N-dealkylation sites (N-methyl/N-ethyl adjacent to an activating group) is 1. The summed E-state index contributed by atoms with van der Waals surface area (Å²) in [6.07, 6.45) is -0.883. The highest BCUT2D eigenvalue weighted by atomic mass is 32.4. The fraction of sp³-hybridized carbons (Fsp3) is 0.172. The number of fused-ring (bicyclic) bond motifs is 2. The minimum absolute atomic E-state index is 0.0296. The molecular weight excluding hydrogens is 527 g/mol. The van der Waals surface area contributed by atoms with E-state index in [9.17, 15) is 10.1 Å². The lowest BCUT2D eigenvalue weighted by Crippen LogP contribution is -2.29. The number of allylic oxidation sites excluding steroid dienone is 2. The Morgan fingerprint density at radius 1 is 1.00 bits per heavy atom. The smallest absolute Gasteiger partial charge is 0.269 e. The van der Waals surface area contributed by atoms with Gasteiger partial charge in [0.05, 0.1) is 27.8 Å². The molecular formula is C29H27N6O2PS. The van der Waals surface area contributed by atoms with Crippen molar-refractivity contribution >= 4 is 52.4 Å². The highest BCUT2D eigenvalue weighted by Gasteiger charge is 2.45. The molecule has 6 rings (SSSR count). The van der Waals surface area contributed by atoms with E-state index in [1.54, 1.807) is 12.1 Å².